The van der Waals surface area contributed by atoms with Gasteiger partial charge in [-0.2, -0.15) is 0 Å². The van der Waals surface area contributed by atoms with Crippen LogP contribution >= 0.6 is 11.6 Å². The van der Waals surface area contributed by atoms with E-state index in [2.05, 4.69) is 18.2 Å². The van der Waals surface area contributed by atoms with Crippen LogP contribution in [0, 0.1) is 0 Å². The van der Waals surface area contributed by atoms with Crippen molar-refractivity contribution < 1.29 is 0 Å². The van der Waals surface area contributed by atoms with Crippen molar-refractivity contribution in [2.75, 3.05) is 0 Å². The second-order valence-electron chi connectivity index (χ2n) is 4.17. The van der Waals surface area contributed by atoms with E-state index in [-0.39, 0.29) is 0 Å². The quantitative estimate of drug-likeness (QED) is 0.723. The summed E-state index contributed by atoms with van der Waals surface area (Å²) in [5, 5.41) is 0.764. The fraction of sp³-hybridized carbons (Fsp3) is 0.214. The summed E-state index contributed by atoms with van der Waals surface area (Å²) in [5.41, 5.74) is 4.80. The molecule has 0 fully saturated rings. The van der Waals surface area contributed by atoms with E-state index in [1.807, 2.05) is 18.2 Å². The van der Waals surface area contributed by atoms with Gasteiger partial charge in [-0.3, -0.25) is 4.98 Å². The van der Waals surface area contributed by atoms with Crippen molar-refractivity contribution in [2.24, 2.45) is 0 Å². The minimum atomic E-state index is 0.764. The molecule has 80 valence electrons. The van der Waals surface area contributed by atoms with E-state index in [1.165, 1.54) is 24.1 Å². The molecule has 0 saturated carbocycles. The molecular formula is C14H12ClN. The predicted octanol–water partition coefficient (Wildman–Crippen LogP) is 3.89. The first-order valence-corrected chi connectivity index (χ1v) is 5.95. The number of fused-ring (bicyclic) bond motifs is 1. The average molecular weight is 230 g/mol. The Morgan fingerprint density at radius 2 is 2.00 bits per heavy atom. The van der Waals surface area contributed by atoms with Crippen molar-refractivity contribution in [2.45, 2.75) is 19.3 Å². The minimum absolute atomic E-state index is 0.764. The molecular weight excluding hydrogens is 218 g/mol. The maximum atomic E-state index is 5.98. The average Bonchev–Trinajstić information content (AvgIpc) is 2.75. The number of rotatable bonds is 1. The Kier molecular flexibility index (Phi) is 2.41. The van der Waals surface area contributed by atoms with Gasteiger partial charge in [-0.15, -0.1) is 0 Å². The zero-order valence-electron chi connectivity index (χ0n) is 8.91. The van der Waals surface area contributed by atoms with Gasteiger partial charge < -0.3 is 0 Å². The number of pyridine rings is 1. The third-order valence-electron chi connectivity index (χ3n) is 3.05. The zero-order valence-corrected chi connectivity index (χ0v) is 9.67. The van der Waals surface area contributed by atoms with Crippen LogP contribution in [0.15, 0.2) is 36.4 Å². The van der Waals surface area contributed by atoms with Crippen molar-refractivity contribution in [1.29, 1.82) is 0 Å². The van der Waals surface area contributed by atoms with Gasteiger partial charge in [0, 0.05) is 16.3 Å². The summed E-state index contributed by atoms with van der Waals surface area (Å²) in [6, 6.07) is 12.2. The molecule has 1 heterocycles. The first-order chi connectivity index (χ1) is 7.83. The Morgan fingerprint density at radius 3 is 2.88 bits per heavy atom. The lowest BCUT2D eigenvalue weighted by molar-refractivity contribution is 0.900. The number of nitrogens with zero attached hydrogens (tertiary/aromatic N) is 1. The van der Waals surface area contributed by atoms with E-state index in [9.17, 15) is 0 Å². The molecule has 0 spiro atoms. The van der Waals surface area contributed by atoms with Crippen LogP contribution in [0.2, 0.25) is 5.02 Å². The first-order valence-electron chi connectivity index (χ1n) is 5.58. The van der Waals surface area contributed by atoms with Gasteiger partial charge in [0.1, 0.15) is 0 Å². The van der Waals surface area contributed by atoms with Gasteiger partial charge in [0.25, 0.3) is 0 Å². The molecule has 2 heteroatoms. The number of hydrogen-bond acceptors (Lipinski definition) is 1. The molecule has 0 saturated heterocycles. The molecule has 1 aliphatic rings. The zero-order chi connectivity index (χ0) is 11.0. The molecule has 1 nitrogen and oxygen atoms in total. The molecule has 2 aromatic rings. The number of hydrogen-bond donors (Lipinski definition) is 0. The van der Waals surface area contributed by atoms with Gasteiger partial charge in [0.2, 0.25) is 0 Å². The van der Waals surface area contributed by atoms with E-state index in [0.29, 0.717) is 0 Å². The van der Waals surface area contributed by atoms with Crippen LogP contribution < -0.4 is 0 Å². The molecule has 16 heavy (non-hydrogen) atoms. The highest BCUT2D eigenvalue weighted by Gasteiger charge is 2.12. The second kappa shape index (κ2) is 3.91. The van der Waals surface area contributed by atoms with Crippen LogP contribution in [0.3, 0.4) is 0 Å². The highest BCUT2D eigenvalue weighted by molar-refractivity contribution is 6.30. The minimum Gasteiger partial charge on any atom is -0.253 e. The van der Waals surface area contributed by atoms with Crippen LogP contribution in [-0.2, 0) is 12.8 Å². The molecule has 0 radical (unpaired) electrons. The summed E-state index contributed by atoms with van der Waals surface area (Å²) in [6.07, 6.45) is 3.53. The van der Waals surface area contributed by atoms with Crippen molar-refractivity contribution in [3.05, 3.63) is 52.7 Å². The van der Waals surface area contributed by atoms with Gasteiger partial charge in [-0.05, 0) is 43.0 Å². The Hall–Kier alpha value is -1.34. The maximum absolute atomic E-state index is 5.98. The lowest BCUT2D eigenvalue weighted by Gasteiger charge is -2.04. The van der Waals surface area contributed by atoms with Gasteiger partial charge in [-0.25, -0.2) is 0 Å². The van der Waals surface area contributed by atoms with Crippen molar-refractivity contribution >= 4 is 11.6 Å². The highest BCUT2D eigenvalue weighted by Crippen LogP contribution is 2.26. The van der Waals surface area contributed by atoms with Gasteiger partial charge in [-0.1, -0.05) is 29.8 Å². The third-order valence-corrected chi connectivity index (χ3v) is 3.28. The normalized spacial score (nSPS) is 13.8. The van der Waals surface area contributed by atoms with Gasteiger partial charge in [0.15, 0.2) is 0 Å². The number of aryl methyl sites for hydroxylation is 2. The summed E-state index contributed by atoms with van der Waals surface area (Å²) >= 11 is 5.98. The van der Waals surface area contributed by atoms with Crippen molar-refractivity contribution in [3.63, 3.8) is 0 Å². The topological polar surface area (TPSA) is 12.9 Å². The summed E-state index contributed by atoms with van der Waals surface area (Å²) < 4.78 is 0. The lowest BCUT2D eigenvalue weighted by atomic mass is 10.1. The summed E-state index contributed by atoms with van der Waals surface area (Å²) in [6.45, 7) is 0. The second-order valence-corrected chi connectivity index (χ2v) is 4.60. The van der Waals surface area contributed by atoms with Crippen molar-refractivity contribution in [1.82, 2.24) is 4.98 Å². The fourth-order valence-electron chi connectivity index (χ4n) is 2.23. The summed E-state index contributed by atoms with van der Waals surface area (Å²) in [4.78, 5) is 4.71. The highest BCUT2D eigenvalue weighted by atomic mass is 35.5. The molecule has 1 aromatic carbocycles. The van der Waals surface area contributed by atoms with Gasteiger partial charge >= 0.3 is 0 Å². The first kappa shape index (κ1) is 9.86. The molecule has 1 aliphatic carbocycles. The maximum Gasteiger partial charge on any atom is 0.0706 e. The van der Waals surface area contributed by atoms with Crippen LogP contribution in [0.1, 0.15) is 17.7 Å². The van der Waals surface area contributed by atoms with E-state index in [4.69, 9.17) is 16.6 Å². The molecule has 1 aromatic heterocycles. The monoisotopic (exact) mass is 229 g/mol. The van der Waals surface area contributed by atoms with E-state index in [1.54, 1.807) is 0 Å². The van der Waals surface area contributed by atoms with Gasteiger partial charge in [0.05, 0.1) is 5.69 Å². The summed E-state index contributed by atoms with van der Waals surface area (Å²) in [5.74, 6) is 0. The molecule has 0 bridgehead atoms. The predicted molar refractivity (Wildman–Crippen MR) is 66.7 cm³/mol. The molecule has 0 N–H and O–H groups in total. The molecule has 0 unspecified atom stereocenters. The SMILES string of the molecule is Clc1cccc(-c2ccc3c(n2)CCC3)c1. The molecule has 0 atom stereocenters. The number of halogens is 1. The smallest absolute Gasteiger partial charge is 0.0706 e. The Labute approximate surface area is 100 Å². The van der Waals surface area contributed by atoms with Crippen molar-refractivity contribution in [3.8, 4) is 11.3 Å². The number of aromatic nitrogens is 1. The lowest BCUT2D eigenvalue weighted by Crippen LogP contribution is -1.91. The van der Waals surface area contributed by atoms with Crippen LogP contribution in [0.4, 0.5) is 0 Å². The van der Waals surface area contributed by atoms with Crippen LogP contribution in [-0.4, -0.2) is 4.98 Å². The standard InChI is InChI=1S/C14H12ClN/c15-12-5-1-4-11(9-12)14-8-7-10-3-2-6-13(10)16-14/h1,4-5,7-9H,2-3,6H2. The Morgan fingerprint density at radius 1 is 1.06 bits per heavy atom. The molecule has 3 rings (SSSR count). The van der Waals surface area contributed by atoms with Crippen LogP contribution in [0.25, 0.3) is 11.3 Å². The Balaban J connectivity index is 2.07. The Bertz CT molecular complexity index is 534. The van der Waals surface area contributed by atoms with E-state index in [0.717, 1.165) is 22.7 Å². The van der Waals surface area contributed by atoms with E-state index < -0.39 is 0 Å². The molecule has 0 amide bonds. The fourth-order valence-corrected chi connectivity index (χ4v) is 2.42. The largest absolute Gasteiger partial charge is 0.253 e. The van der Waals surface area contributed by atoms with Crippen LogP contribution in [0.5, 0.6) is 0 Å². The summed E-state index contributed by atoms with van der Waals surface area (Å²) in [7, 11) is 0. The number of benzene rings is 1. The van der Waals surface area contributed by atoms with E-state index >= 15 is 0 Å². The molecule has 0 aliphatic heterocycles. The third kappa shape index (κ3) is 1.72.